The number of amides is 1. The molecule has 2 rings (SSSR count). The molecule has 0 heterocycles. The zero-order chi connectivity index (χ0) is 13.0. The highest BCUT2D eigenvalue weighted by molar-refractivity contribution is 5.78. The zero-order valence-corrected chi connectivity index (χ0v) is 11.3. The predicted octanol–water partition coefficient (Wildman–Crippen LogP) is 1.96. The molecule has 0 aliphatic heterocycles. The summed E-state index contributed by atoms with van der Waals surface area (Å²) >= 11 is 0. The molecule has 1 atom stereocenters. The minimum Gasteiger partial charge on any atom is -0.348 e. The van der Waals surface area contributed by atoms with Crippen molar-refractivity contribution in [3.05, 3.63) is 34.9 Å². The molecule has 0 aromatic heterocycles. The number of hydrogen-bond donors (Lipinski definition) is 2. The van der Waals surface area contributed by atoms with E-state index in [0.29, 0.717) is 6.54 Å². The van der Waals surface area contributed by atoms with Gasteiger partial charge in [-0.15, -0.1) is 0 Å². The Labute approximate surface area is 109 Å². The smallest absolute Gasteiger partial charge is 0.234 e. The van der Waals surface area contributed by atoms with Gasteiger partial charge in [-0.2, -0.15) is 0 Å². The van der Waals surface area contributed by atoms with Crippen molar-refractivity contribution in [2.24, 2.45) is 0 Å². The number of likely N-dealkylation sites (N-methyl/N-ethyl adjacent to an activating group) is 1. The highest BCUT2D eigenvalue weighted by Gasteiger charge is 2.13. The number of carbonyl (C=O) groups is 1. The maximum absolute atomic E-state index is 11.5. The molecular formula is C15H22N2O. The molecule has 1 amide bonds. The van der Waals surface area contributed by atoms with Gasteiger partial charge in [-0.25, -0.2) is 0 Å². The highest BCUT2D eigenvalue weighted by atomic mass is 16.1. The van der Waals surface area contributed by atoms with Crippen LogP contribution < -0.4 is 10.6 Å². The first-order valence-electron chi connectivity index (χ1n) is 6.76. The van der Waals surface area contributed by atoms with Gasteiger partial charge < -0.3 is 10.6 Å². The van der Waals surface area contributed by atoms with Crippen LogP contribution in [-0.4, -0.2) is 19.5 Å². The second-order valence-electron chi connectivity index (χ2n) is 5.05. The molecule has 18 heavy (non-hydrogen) atoms. The second kappa shape index (κ2) is 6.01. The van der Waals surface area contributed by atoms with E-state index in [1.165, 1.54) is 42.4 Å². The van der Waals surface area contributed by atoms with Crippen LogP contribution in [0.1, 0.15) is 42.5 Å². The van der Waals surface area contributed by atoms with Crippen LogP contribution in [0.4, 0.5) is 0 Å². The summed E-state index contributed by atoms with van der Waals surface area (Å²) in [6, 6.07) is 6.72. The van der Waals surface area contributed by atoms with Gasteiger partial charge in [0.15, 0.2) is 0 Å². The molecule has 0 radical (unpaired) electrons. The first kappa shape index (κ1) is 13.1. The third-order valence-electron chi connectivity index (χ3n) is 3.59. The Balaban J connectivity index is 2.06. The molecule has 0 saturated carbocycles. The molecule has 0 fully saturated rings. The molecule has 1 aromatic rings. The van der Waals surface area contributed by atoms with E-state index in [-0.39, 0.29) is 11.9 Å². The van der Waals surface area contributed by atoms with Gasteiger partial charge in [0, 0.05) is 0 Å². The van der Waals surface area contributed by atoms with Crippen molar-refractivity contribution >= 4 is 5.91 Å². The van der Waals surface area contributed by atoms with Gasteiger partial charge >= 0.3 is 0 Å². The molecule has 98 valence electrons. The van der Waals surface area contributed by atoms with Crippen molar-refractivity contribution in [2.75, 3.05) is 13.6 Å². The molecule has 3 nitrogen and oxygen atoms in total. The van der Waals surface area contributed by atoms with Crippen LogP contribution >= 0.6 is 0 Å². The minimum absolute atomic E-state index is 0.0442. The molecule has 1 aliphatic rings. The predicted molar refractivity (Wildman–Crippen MR) is 73.6 cm³/mol. The Bertz CT molecular complexity index is 429. The topological polar surface area (TPSA) is 41.1 Å². The summed E-state index contributed by atoms with van der Waals surface area (Å²) in [4.78, 5) is 11.5. The van der Waals surface area contributed by atoms with Crippen molar-refractivity contribution in [3.8, 4) is 0 Å². The summed E-state index contributed by atoms with van der Waals surface area (Å²) in [6.45, 7) is 2.41. The summed E-state index contributed by atoms with van der Waals surface area (Å²) in [7, 11) is 1.78. The second-order valence-corrected chi connectivity index (χ2v) is 5.05. The number of carbonyl (C=O) groups excluding carboxylic acids is 1. The first-order chi connectivity index (χ1) is 8.70. The fourth-order valence-corrected chi connectivity index (χ4v) is 2.56. The lowest BCUT2D eigenvalue weighted by Gasteiger charge is -2.20. The van der Waals surface area contributed by atoms with E-state index in [4.69, 9.17) is 0 Å². The van der Waals surface area contributed by atoms with Gasteiger partial charge in [-0.3, -0.25) is 4.79 Å². The van der Waals surface area contributed by atoms with E-state index in [1.54, 1.807) is 7.05 Å². The molecule has 1 aliphatic carbocycles. The lowest BCUT2D eigenvalue weighted by Crippen LogP contribution is -2.34. The maximum atomic E-state index is 11.5. The molecule has 0 spiro atoms. The molecule has 1 aromatic carbocycles. The van der Waals surface area contributed by atoms with Crippen LogP contribution in [0, 0.1) is 0 Å². The summed E-state index contributed by atoms with van der Waals surface area (Å²) in [6.07, 6.45) is 4.98. The Morgan fingerprint density at radius 2 is 2.00 bits per heavy atom. The van der Waals surface area contributed by atoms with Gasteiger partial charge in [-0.1, -0.05) is 18.2 Å². The Morgan fingerprint density at radius 3 is 2.72 bits per heavy atom. The van der Waals surface area contributed by atoms with E-state index in [2.05, 4.69) is 28.8 Å². The number of fused-ring (bicyclic) bond motifs is 1. The highest BCUT2D eigenvalue weighted by Crippen LogP contribution is 2.24. The van der Waals surface area contributed by atoms with Gasteiger partial charge in [0.05, 0.1) is 12.6 Å². The standard InChI is InChI=1S/C15H22N2O/c1-11(17-15(18)10-16-2)13-8-7-12-5-3-4-6-14(12)9-13/h7-9,11,16H,3-6,10H2,1-2H3,(H,17,18)/t11-/m1/s1. The molecule has 0 unspecified atom stereocenters. The Kier molecular flexibility index (Phi) is 4.37. The summed E-state index contributed by atoms with van der Waals surface area (Å²) in [5, 5.41) is 5.86. The Hall–Kier alpha value is -1.35. The number of rotatable bonds is 4. The fraction of sp³-hybridized carbons (Fsp3) is 0.533. The average Bonchev–Trinajstić information content (AvgIpc) is 2.38. The molecular weight excluding hydrogens is 224 g/mol. The summed E-state index contributed by atoms with van der Waals surface area (Å²) in [5.41, 5.74) is 4.16. The van der Waals surface area contributed by atoms with E-state index >= 15 is 0 Å². The van der Waals surface area contributed by atoms with E-state index < -0.39 is 0 Å². The SMILES string of the molecule is CNCC(=O)N[C@H](C)c1ccc2c(c1)CCCC2. The van der Waals surface area contributed by atoms with Crippen LogP contribution in [0.5, 0.6) is 0 Å². The largest absolute Gasteiger partial charge is 0.348 e. The normalized spacial score (nSPS) is 15.9. The lowest BCUT2D eigenvalue weighted by atomic mass is 9.89. The van der Waals surface area contributed by atoms with Gasteiger partial charge in [0.25, 0.3) is 0 Å². The number of benzene rings is 1. The monoisotopic (exact) mass is 246 g/mol. The van der Waals surface area contributed by atoms with Gasteiger partial charge in [0.2, 0.25) is 5.91 Å². The number of aryl methyl sites for hydroxylation is 2. The first-order valence-corrected chi connectivity index (χ1v) is 6.76. The molecule has 2 N–H and O–H groups in total. The van der Waals surface area contributed by atoms with Crippen LogP contribution in [0.25, 0.3) is 0 Å². The van der Waals surface area contributed by atoms with Gasteiger partial charge in [-0.05, 0) is 56.3 Å². The van der Waals surface area contributed by atoms with Crippen LogP contribution in [0.2, 0.25) is 0 Å². The van der Waals surface area contributed by atoms with Crippen LogP contribution in [-0.2, 0) is 17.6 Å². The maximum Gasteiger partial charge on any atom is 0.234 e. The van der Waals surface area contributed by atoms with Crippen molar-refractivity contribution in [1.29, 1.82) is 0 Å². The van der Waals surface area contributed by atoms with E-state index in [0.717, 1.165) is 0 Å². The van der Waals surface area contributed by atoms with Gasteiger partial charge in [0.1, 0.15) is 0 Å². The Morgan fingerprint density at radius 1 is 1.28 bits per heavy atom. The van der Waals surface area contributed by atoms with Crippen LogP contribution in [0.3, 0.4) is 0 Å². The van der Waals surface area contributed by atoms with Crippen molar-refractivity contribution in [2.45, 2.75) is 38.6 Å². The van der Waals surface area contributed by atoms with E-state index in [1.807, 2.05) is 6.92 Å². The number of hydrogen-bond acceptors (Lipinski definition) is 2. The van der Waals surface area contributed by atoms with Crippen molar-refractivity contribution in [3.63, 3.8) is 0 Å². The molecule has 3 heteroatoms. The molecule has 0 saturated heterocycles. The quantitative estimate of drug-likeness (QED) is 0.852. The summed E-state index contributed by atoms with van der Waals surface area (Å²) in [5.74, 6) is 0.0442. The third kappa shape index (κ3) is 3.10. The minimum atomic E-state index is 0.0442. The molecule has 0 bridgehead atoms. The van der Waals surface area contributed by atoms with E-state index in [9.17, 15) is 4.79 Å². The number of nitrogens with one attached hydrogen (secondary N) is 2. The average molecular weight is 246 g/mol. The lowest BCUT2D eigenvalue weighted by molar-refractivity contribution is -0.120. The third-order valence-corrected chi connectivity index (χ3v) is 3.59. The van der Waals surface area contributed by atoms with Crippen molar-refractivity contribution < 1.29 is 4.79 Å². The van der Waals surface area contributed by atoms with Crippen LogP contribution in [0.15, 0.2) is 18.2 Å². The fourth-order valence-electron chi connectivity index (χ4n) is 2.56. The zero-order valence-electron chi connectivity index (χ0n) is 11.3. The van der Waals surface area contributed by atoms with Crippen molar-refractivity contribution in [1.82, 2.24) is 10.6 Å². The summed E-state index contributed by atoms with van der Waals surface area (Å²) < 4.78 is 0.